The van der Waals surface area contributed by atoms with Crippen LogP contribution in [0, 0.1) is 6.92 Å². The molecular formula is C21H30N2O. The van der Waals surface area contributed by atoms with Crippen molar-refractivity contribution >= 4 is 5.91 Å². The van der Waals surface area contributed by atoms with Gasteiger partial charge in [-0.2, -0.15) is 0 Å². The highest BCUT2D eigenvalue weighted by atomic mass is 16.2. The van der Waals surface area contributed by atoms with Crippen LogP contribution in [0.2, 0.25) is 0 Å². The van der Waals surface area contributed by atoms with Gasteiger partial charge >= 0.3 is 0 Å². The molecule has 1 unspecified atom stereocenters. The molecule has 3 fully saturated rings. The number of hydrogen-bond donors (Lipinski definition) is 0. The molecule has 1 atom stereocenters. The van der Waals surface area contributed by atoms with Crippen LogP contribution in [0.3, 0.4) is 0 Å². The van der Waals surface area contributed by atoms with E-state index >= 15 is 0 Å². The van der Waals surface area contributed by atoms with Crippen molar-refractivity contribution in [1.82, 2.24) is 9.80 Å². The zero-order chi connectivity index (χ0) is 16.6. The maximum absolute atomic E-state index is 13.7. The van der Waals surface area contributed by atoms with E-state index in [2.05, 4.69) is 41.0 Å². The Labute approximate surface area is 146 Å². The van der Waals surface area contributed by atoms with Crippen LogP contribution in [0.1, 0.15) is 56.1 Å². The van der Waals surface area contributed by atoms with Gasteiger partial charge in [0, 0.05) is 25.7 Å². The highest BCUT2D eigenvalue weighted by Crippen LogP contribution is 2.42. The number of rotatable bonds is 2. The number of carbonyl (C=O) groups excluding carboxylic acids is 1. The largest absolute Gasteiger partial charge is 0.339 e. The van der Waals surface area contributed by atoms with Crippen molar-refractivity contribution in [3.63, 3.8) is 0 Å². The summed E-state index contributed by atoms with van der Waals surface area (Å²) in [5.74, 6) is 0.419. The fourth-order valence-electron chi connectivity index (χ4n) is 5.34. The second kappa shape index (κ2) is 6.51. The van der Waals surface area contributed by atoms with Crippen molar-refractivity contribution < 1.29 is 4.79 Å². The predicted octanol–water partition coefficient (Wildman–Crippen LogP) is 3.50. The van der Waals surface area contributed by atoms with Crippen LogP contribution in [0.15, 0.2) is 24.3 Å². The molecule has 3 aliphatic rings. The number of carbonyl (C=O) groups is 1. The van der Waals surface area contributed by atoms with Gasteiger partial charge in [0.15, 0.2) is 0 Å². The highest BCUT2D eigenvalue weighted by Gasteiger charge is 2.46. The van der Waals surface area contributed by atoms with Crippen LogP contribution in [0.4, 0.5) is 0 Å². The van der Waals surface area contributed by atoms with Crippen molar-refractivity contribution in [1.29, 1.82) is 0 Å². The first-order valence-corrected chi connectivity index (χ1v) is 9.80. The van der Waals surface area contributed by atoms with Gasteiger partial charge in [0.05, 0.1) is 5.41 Å². The predicted molar refractivity (Wildman–Crippen MR) is 97.1 cm³/mol. The molecule has 4 rings (SSSR count). The number of fused-ring (bicyclic) bond motifs is 1. The van der Waals surface area contributed by atoms with Gasteiger partial charge in [0.25, 0.3) is 0 Å². The molecule has 2 heterocycles. The lowest BCUT2D eigenvalue weighted by atomic mass is 9.67. The number of amides is 1. The van der Waals surface area contributed by atoms with Gasteiger partial charge in [-0.1, -0.05) is 43.5 Å². The Morgan fingerprint density at radius 1 is 1.04 bits per heavy atom. The molecule has 3 nitrogen and oxygen atoms in total. The molecule has 2 saturated heterocycles. The molecule has 1 aromatic rings. The van der Waals surface area contributed by atoms with E-state index in [1.807, 2.05) is 0 Å². The third-order valence-corrected chi connectivity index (χ3v) is 6.65. The monoisotopic (exact) mass is 326 g/mol. The van der Waals surface area contributed by atoms with Crippen LogP contribution in [-0.4, -0.2) is 47.9 Å². The molecule has 0 N–H and O–H groups in total. The van der Waals surface area contributed by atoms with E-state index in [1.54, 1.807) is 0 Å². The molecule has 1 aliphatic carbocycles. The topological polar surface area (TPSA) is 23.6 Å². The molecule has 1 aromatic carbocycles. The van der Waals surface area contributed by atoms with Gasteiger partial charge in [-0.15, -0.1) is 0 Å². The van der Waals surface area contributed by atoms with Gasteiger partial charge in [-0.25, -0.2) is 0 Å². The fraction of sp³-hybridized carbons (Fsp3) is 0.667. The third kappa shape index (κ3) is 2.67. The molecule has 0 aromatic heterocycles. The van der Waals surface area contributed by atoms with E-state index in [0.29, 0.717) is 11.9 Å². The minimum Gasteiger partial charge on any atom is -0.339 e. The summed E-state index contributed by atoms with van der Waals surface area (Å²) in [7, 11) is 0. The fourth-order valence-corrected chi connectivity index (χ4v) is 5.34. The first kappa shape index (κ1) is 16.1. The Bertz CT molecular complexity index is 606. The summed E-state index contributed by atoms with van der Waals surface area (Å²) in [5.41, 5.74) is 2.32. The molecule has 2 aliphatic heterocycles. The zero-order valence-electron chi connectivity index (χ0n) is 15.0. The average Bonchev–Trinajstić information content (AvgIpc) is 3.09. The molecule has 3 heteroatoms. The minimum atomic E-state index is -0.260. The lowest BCUT2D eigenvalue weighted by molar-refractivity contribution is -0.141. The van der Waals surface area contributed by atoms with E-state index < -0.39 is 0 Å². The third-order valence-electron chi connectivity index (χ3n) is 6.65. The van der Waals surface area contributed by atoms with Gasteiger partial charge in [-0.3, -0.25) is 9.69 Å². The van der Waals surface area contributed by atoms with Gasteiger partial charge in [0.2, 0.25) is 5.91 Å². The summed E-state index contributed by atoms with van der Waals surface area (Å²) in [6.07, 6.45) is 8.27. The first-order chi connectivity index (χ1) is 11.7. The Morgan fingerprint density at radius 2 is 1.83 bits per heavy atom. The summed E-state index contributed by atoms with van der Waals surface area (Å²) < 4.78 is 0. The first-order valence-electron chi connectivity index (χ1n) is 9.80. The highest BCUT2D eigenvalue weighted by molar-refractivity contribution is 5.89. The van der Waals surface area contributed by atoms with E-state index in [0.717, 1.165) is 32.5 Å². The van der Waals surface area contributed by atoms with E-state index in [4.69, 9.17) is 0 Å². The lowest BCUT2D eigenvalue weighted by Crippen LogP contribution is -2.57. The quantitative estimate of drug-likeness (QED) is 0.830. The maximum atomic E-state index is 13.7. The molecule has 1 saturated carbocycles. The van der Waals surface area contributed by atoms with Crippen LogP contribution in [0.25, 0.3) is 0 Å². The molecule has 130 valence electrons. The van der Waals surface area contributed by atoms with Gasteiger partial charge in [-0.05, 0) is 50.3 Å². The van der Waals surface area contributed by atoms with Crippen LogP contribution < -0.4 is 0 Å². The lowest BCUT2D eigenvalue weighted by Gasteiger charge is -2.45. The Kier molecular flexibility index (Phi) is 4.38. The minimum absolute atomic E-state index is 0.260. The zero-order valence-corrected chi connectivity index (χ0v) is 15.0. The van der Waals surface area contributed by atoms with Gasteiger partial charge < -0.3 is 4.90 Å². The molecule has 24 heavy (non-hydrogen) atoms. The van der Waals surface area contributed by atoms with Crippen LogP contribution in [0.5, 0.6) is 0 Å². The molecule has 0 bridgehead atoms. The molecular weight excluding hydrogens is 296 g/mol. The van der Waals surface area contributed by atoms with Crippen molar-refractivity contribution in [2.45, 2.75) is 63.3 Å². The summed E-state index contributed by atoms with van der Waals surface area (Å²) in [6.45, 7) is 6.35. The maximum Gasteiger partial charge on any atom is 0.233 e. The molecule has 1 amide bonds. The summed E-state index contributed by atoms with van der Waals surface area (Å²) in [5, 5.41) is 0. The van der Waals surface area contributed by atoms with Crippen LogP contribution >= 0.6 is 0 Å². The second-order valence-electron chi connectivity index (χ2n) is 8.04. The number of nitrogens with zero attached hydrogens (tertiary/aromatic N) is 2. The summed E-state index contributed by atoms with van der Waals surface area (Å²) in [4.78, 5) is 18.5. The number of piperazine rings is 1. The number of hydrogen-bond acceptors (Lipinski definition) is 2. The Hall–Kier alpha value is -1.35. The van der Waals surface area contributed by atoms with Crippen molar-refractivity contribution in [3.05, 3.63) is 35.4 Å². The summed E-state index contributed by atoms with van der Waals surface area (Å²) in [6, 6.07) is 9.20. The number of aryl methyl sites for hydroxylation is 1. The van der Waals surface area contributed by atoms with E-state index in [9.17, 15) is 4.79 Å². The SMILES string of the molecule is Cc1ccccc1C1(C(=O)N2CCN3CCCC3C2)CCCCC1. The molecule has 0 spiro atoms. The van der Waals surface area contributed by atoms with E-state index in [-0.39, 0.29) is 5.41 Å². The standard InChI is InChI=1S/C21H30N2O/c1-17-8-3-4-10-19(17)21(11-5-2-6-12-21)20(24)23-15-14-22-13-7-9-18(22)16-23/h3-4,8,10,18H,2,5-7,9,11-16H2,1H3. The smallest absolute Gasteiger partial charge is 0.233 e. The Balaban J connectivity index is 1.64. The van der Waals surface area contributed by atoms with Crippen molar-refractivity contribution in [2.75, 3.05) is 26.2 Å². The molecule has 0 radical (unpaired) electrons. The number of benzene rings is 1. The average molecular weight is 326 g/mol. The van der Waals surface area contributed by atoms with Gasteiger partial charge in [0.1, 0.15) is 0 Å². The van der Waals surface area contributed by atoms with Crippen molar-refractivity contribution in [3.8, 4) is 0 Å². The second-order valence-corrected chi connectivity index (χ2v) is 8.04. The Morgan fingerprint density at radius 3 is 2.62 bits per heavy atom. The van der Waals surface area contributed by atoms with Crippen LogP contribution in [-0.2, 0) is 10.2 Å². The van der Waals surface area contributed by atoms with Crippen molar-refractivity contribution in [2.24, 2.45) is 0 Å². The van der Waals surface area contributed by atoms with E-state index in [1.165, 1.54) is 49.8 Å². The normalized spacial score (nSPS) is 27.0. The summed E-state index contributed by atoms with van der Waals surface area (Å²) >= 11 is 0.